The minimum absolute atomic E-state index is 0.0471. The Morgan fingerprint density at radius 3 is 2.88 bits per heavy atom. The van der Waals surface area contributed by atoms with Crippen LogP contribution in [0.2, 0.25) is 0 Å². The molecule has 17 heavy (non-hydrogen) atoms. The minimum atomic E-state index is -0.331. The van der Waals surface area contributed by atoms with Crippen molar-refractivity contribution in [2.45, 2.75) is 19.3 Å². The number of aliphatic hydroxyl groups is 1. The number of rotatable bonds is 3. The van der Waals surface area contributed by atoms with E-state index < -0.39 is 0 Å². The lowest BCUT2D eigenvalue weighted by molar-refractivity contribution is 0.287. The molecule has 1 aromatic rings. The van der Waals surface area contributed by atoms with Crippen molar-refractivity contribution in [3.63, 3.8) is 0 Å². The molecule has 0 aliphatic carbocycles. The van der Waals surface area contributed by atoms with Crippen LogP contribution in [0.1, 0.15) is 18.4 Å². The van der Waals surface area contributed by atoms with E-state index in [4.69, 9.17) is 14.6 Å². The first-order valence-corrected chi connectivity index (χ1v) is 6.40. The number of aliphatic hydroxyl groups excluding tert-OH is 1. The molecule has 0 fully saturated rings. The molecule has 0 saturated carbocycles. The highest BCUT2D eigenvalue weighted by Crippen LogP contribution is 2.40. The molecule has 1 aliphatic rings. The molecule has 0 spiro atoms. The third kappa shape index (κ3) is 2.72. The zero-order chi connectivity index (χ0) is 12.3. The summed E-state index contributed by atoms with van der Waals surface area (Å²) in [7, 11) is 0. The molecule has 5 heteroatoms. The van der Waals surface area contributed by atoms with Crippen molar-refractivity contribution in [1.82, 2.24) is 0 Å². The molecule has 0 bridgehead atoms. The third-order valence-electron chi connectivity index (χ3n) is 2.60. The van der Waals surface area contributed by atoms with E-state index in [1.54, 1.807) is 6.07 Å². The van der Waals surface area contributed by atoms with E-state index in [0.717, 1.165) is 6.42 Å². The van der Waals surface area contributed by atoms with Gasteiger partial charge >= 0.3 is 0 Å². The Morgan fingerprint density at radius 2 is 2.12 bits per heavy atom. The summed E-state index contributed by atoms with van der Waals surface area (Å²) in [6.07, 6.45) is 1.80. The molecule has 1 aromatic carbocycles. The van der Waals surface area contributed by atoms with E-state index in [-0.39, 0.29) is 12.4 Å². The SMILES string of the molecule is OCCCc1cc2c(c(Br)c1F)OCCCO2. The van der Waals surface area contributed by atoms with E-state index in [0.29, 0.717) is 47.6 Å². The van der Waals surface area contributed by atoms with Crippen molar-refractivity contribution >= 4 is 15.9 Å². The third-order valence-corrected chi connectivity index (χ3v) is 3.31. The molecule has 3 nitrogen and oxygen atoms in total. The van der Waals surface area contributed by atoms with Gasteiger partial charge in [0, 0.05) is 13.0 Å². The highest BCUT2D eigenvalue weighted by molar-refractivity contribution is 9.10. The fourth-order valence-electron chi connectivity index (χ4n) is 1.74. The van der Waals surface area contributed by atoms with Crippen LogP contribution in [0.5, 0.6) is 11.5 Å². The molecule has 2 rings (SSSR count). The number of hydrogen-bond acceptors (Lipinski definition) is 3. The van der Waals surface area contributed by atoms with Crippen molar-refractivity contribution in [1.29, 1.82) is 0 Å². The fraction of sp³-hybridized carbons (Fsp3) is 0.500. The number of halogens is 2. The monoisotopic (exact) mass is 304 g/mol. The molecule has 94 valence electrons. The zero-order valence-electron chi connectivity index (χ0n) is 9.34. The smallest absolute Gasteiger partial charge is 0.178 e. The zero-order valence-corrected chi connectivity index (χ0v) is 10.9. The van der Waals surface area contributed by atoms with Gasteiger partial charge in [-0.1, -0.05) is 0 Å². The van der Waals surface area contributed by atoms with Crippen LogP contribution in [-0.4, -0.2) is 24.9 Å². The first kappa shape index (κ1) is 12.6. The van der Waals surface area contributed by atoms with Gasteiger partial charge in [-0.15, -0.1) is 0 Å². The van der Waals surface area contributed by atoms with Crippen LogP contribution in [0.4, 0.5) is 4.39 Å². The highest BCUT2D eigenvalue weighted by atomic mass is 79.9. The summed E-state index contributed by atoms with van der Waals surface area (Å²) in [5.41, 5.74) is 0.537. The molecular formula is C12H14BrFO3. The summed E-state index contributed by atoms with van der Waals surface area (Å²) in [4.78, 5) is 0. The molecule has 0 aromatic heterocycles. The average molecular weight is 305 g/mol. The molecule has 0 saturated heterocycles. The Bertz CT molecular complexity index is 409. The number of fused-ring (bicyclic) bond motifs is 1. The quantitative estimate of drug-likeness (QED) is 0.933. The first-order valence-electron chi connectivity index (χ1n) is 5.61. The largest absolute Gasteiger partial charge is 0.490 e. The van der Waals surface area contributed by atoms with Crippen LogP contribution >= 0.6 is 15.9 Å². The highest BCUT2D eigenvalue weighted by Gasteiger charge is 2.20. The van der Waals surface area contributed by atoms with Crippen molar-refractivity contribution in [3.05, 3.63) is 21.9 Å². The molecule has 0 radical (unpaired) electrons. The van der Waals surface area contributed by atoms with Gasteiger partial charge in [0.05, 0.1) is 17.7 Å². The Hall–Kier alpha value is -0.810. The molecule has 0 unspecified atom stereocenters. The molecule has 1 heterocycles. The number of benzene rings is 1. The standard InChI is InChI=1S/C12H14BrFO3/c13-10-11(14)8(3-1-4-15)7-9-12(10)17-6-2-5-16-9/h7,15H,1-6H2. The van der Waals surface area contributed by atoms with Gasteiger partial charge in [0.25, 0.3) is 0 Å². The van der Waals surface area contributed by atoms with E-state index in [1.165, 1.54) is 0 Å². The first-order chi connectivity index (χ1) is 8.24. The summed E-state index contributed by atoms with van der Waals surface area (Å²) in [6.45, 7) is 1.15. The van der Waals surface area contributed by atoms with Crippen LogP contribution in [0.3, 0.4) is 0 Å². The second-order valence-electron chi connectivity index (χ2n) is 3.87. The van der Waals surface area contributed by atoms with Crippen molar-refractivity contribution in [3.8, 4) is 11.5 Å². The molecular weight excluding hydrogens is 291 g/mol. The van der Waals surface area contributed by atoms with E-state index in [9.17, 15) is 4.39 Å². The van der Waals surface area contributed by atoms with Gasteiger partial charge in [0.2, 0.25) is 0 Å². The Balaban J connectivity index is 2.36. The van der Waals surface area contributed by atoms with Gasteiger partial charge in [-0.05, 0) is 40.4 Å². The molecule has 1 N–H and O–H groups in total. The number of ether oxygens (including phenoxy) is 2. The van der Waals surface area contributed by atoms with E-state index in [1.807, 2.05) is 0 Å². The number of hydrogen-bond donors (Lipinski definition) is 1. The topological polar surface area (TPSA) is 38.7 Å². The maximum Gasteiger partial charge on any atom is 0.178 e. The minimum Gasteiger partial charge on any atom is -0.490 e. The van der Waals surface area contributed by atoms with Gasteiger partial charge in [0.1, 0.15) is 5.82 Å². The maximum atomic E-state index is 14.0. The normalized spacial score (nSPS) is 14.5. The fourth-order valence-corrected chi connectivity index (χ4v) is 2.31. The van der Waals surface area contributed by atoms with Gasteiger partial charge in [0.15, 0.2) is 11.5 Å². The summed E-state index contributed by atoms with van der Waals surface area (Å²) in [6, 6.07) is 1.66. The summed E-state index contributed by atoms with van der Waals surface area (Å²) in [5, 5.41) is 8.78. The van der Waals surface area contributed by atoms with Crippen LogP contribution in [0.15, 0.2) is 10.5 Å². The Labute approximate surface area is 108 Å². The van der Waals surface area contributed by atoms with Gasteiger partial charge < -0.3 is 14.6 Å². The van der Waals surface area contributed by atoms with E-state index >= 15 is 0 Å². The van der Waals surface area contributed by atoms with Gasteiger partial charge in [-0.2, -0.15) is 0 Å². The lowest BCUT2D eigenvalue weighted by Crippen LogP contribution is -2.00. The van der Waals surface area contributed by atoms with Crippen molar-refractivity contribution in [2.75, 3.05) is 19.8 Å². The molecule has 1 aliphatic heterocycles. The van der Waals surface area contributed by atoms with E-state index in [2.05, 4.69) is 15.9 Å². The van der Waals surface area contributed by atoms with Crippen molar-refractivity contribution in [2.24, 2.45) is 0 Å². The van der Waals surface area contributed by atoms with Crippen molar-refractivity contribution < 1.29 is 19.0 Å². The predicted molar refractivity (Wildman–Crippen MR) is 65.1 cm³/mol. The predicted octanol–water partition coefficient (Wildman–Crippen LogP) is 2.67. The molecule has 0 amide bonds. The Kier molecular flexibility index (Phi) is 4.23. The van der Waals surface area contributed by atoms with Gasteiger partial charge in [-0.3, -0.25) is 0 Å². The Morgan fingerprint density at radius 1 is 1.35 bits per heavy atom. The summed E-state index contributed by atoms with van der Waals surface area (Å²) >= 11 is 3.20. The number of aryl methyl sites for hydroxylation is 1. The van der Waals surface area contributed by atoms with Crippen LogP contribution in [-0.2, 0) is 6.42 Å². The van der Waals surface area contributed by atoms with Crippen LogP contribution < -0.4 is 9.47 Å². The second-order valence-corrected chi connectivity index (χ2v) is 4.66. The maximum absolute atomic E-state index is 14.0. The van der Waals surface area contributed by atoms with Crippen LogP contribution in [0.25, 0.3) is 0 Å². The molecule has 0 atom stereocenters. The summed E-state index contributed by atoms with van der Waals surface area (Å²) < 4.78 is 25.3. The van der Waals surface area contributed by atoms with Crippen LogP contribution in [0, 0.1) is 5.82 Å². The average Bonchev–Trinajstić information content (AvgIpc) is 2.57. The lowest BCUT2D eigenvalue weighted by atomic mass is 10.1. The van der Waals surface area contributed by atoms with Gasteiger partial charge in [-0.25, -0.2) is 4.39 Å². The second kappa shape index (κ2) is 5.69. The summed E-state index contributed by atoms with van der Waals surface area (Å²) in [5.74, 6) is 0.680. The lowest BCUT2D eigenvalue weighted by Gasteiger charge is -2.13.